The summed E-state index contributed by atoms with van der Waals surface area (Å²) in [5, 5.41) is 14.6. The van der Waals surface area contributed by atoms with Gasteiger partial charge in [0.15, 0.2) is 0 Å². The Morgan fingerprint density at radius 2 is 2.44 bits per heavy atom. The first kappa shape index (κ1) is 6.53. The van der Waals surface area contributed by atoms with Gasteiger partial charge in [-0.05, 0) is 7.05 Å². The molecule has 0 bridgehead atoms. The molecule has 0 spiro atoms. The van der Waals surface area contributed by atoms with Crippen LogP contribution in [0.2, 0.25) is 0 Å². The van der Waals surface area contributed by atoms with Gasteiger partial charge in [-0.1, -0.05) is 0 Å². The van der Waals surface area contributed by atoms with Crippen molar-refractivity contribution in [3.05, 3.63) is 0 Å². The van der Waals surface area contributed by atoms with Crippen LogP contribution in [0.3, 0.4) is 0 Å². The standard InChI is InChI=1S/C6H11N3/c1-8-6(2-3-7)4-9-5-6/h8-9H,2,4-5H2,1H3. The summed E-state index contributed by atoms with van der Waals surface area (Å²) in [5.74, 6) is 0. The van der Waals surface area contributed by atoms with Gasteiger partial charge < -0.3 is 10.6 Å². The molecule has 0 radical (unpaired) electrons. The number of nitrogens with one attached hydrogen (secondary N) is 2. The summed E-state index contributed by atoms with van der Waals surface area (Å²) in [4.78, 5) is 0. The number of nitriles is 1. The van der Waals surface area contributed by atoms with E-state index in [1.807, 2.05) is 7.05 Å². The van der Waals surface area contributed by atoms with E-state index < -0.39 is 0 Å². The highest BCUT2D eigenvalue weighted by atomic mass is 15.1. The van der Waals surface area contributed by atoms with Crippen LogP contribution in [0.4, 0.5) is 0 Å². The van der Waals surface area contributed by atoms with E-state index in [0.29, 0.717) is 6.42 Å². The predicted octanol–water partition coefficient (Wildman–Crippen LogP) is -0.539. The van der Waals surface area contributed by atoms with E-state index in [2.05, 4.69) is 16.7 Å². The highest BCUT2D eigenvalue weighted by molar-refractivity contribution is 5.04. The van der Waals surface area contributed by atoms with Crippen LogP contribution in [0, 0.1) is 11.3 Å². The van der Waals surface area contributed by atoms with E-state index in [0.717, 1.165) is 13.1 Å². The molecule has 0 aliphatic carbocycles. The van der Waals surface area contributed by atoms with E-state index in [-0.39, 0.29) is 5.54 Å². The largest absolute Gasteiger partial charge is 0.313 e. The van der Waals surface area contributed by atoms with E-state index >= 15 is 0 Å². The predicted molar refractivity (Wildman–Crippen MR) is 34.9 cm³/mol. The van der Waals surface area contributed by atoms with Crippen molar-refractivity contribution >= 4 is 0 Å². The van der Waals surface area contributed by atoms with Crippen LogP contribution < -0.4 is 10.6 Å². The van der Waals surface area contributed by atoms with Crippen molar-refractivity contribution in [2.75, 3.05) is 20.1 Å². The van der Waals surface area contributed by atoms with Crippen molar-refractivity contribution in [1.82, 2.24) is 10.6 Å². The van der Waals surface area contributed by atoms with Gasteiger partial charge in [-0.15, -0.1) is 0 Å². The Kier molecular flexibility index (Phi) is 1.70. The second-order valence-corrected chi connectivity index (χ2v) is 2.47. The van der Waals surface area contributed by atoms with E-state index in [4.69, 9.17) is 5.26 Å². The molecule has 1 rings (SSSR count). The minimum Gasteiger partial charge on any atom is -0.313 e. The Bertz CT molecular complexity index is 126. The molecule has 0 unspecified atom stereocenters. The highest BCUT2D eigenvalue weighted by Crippen LogP contribution is 2.13. The summed E-state index contributed by atoms with van der Waals surface area (Å²) < 4.78 is 0. The molecular weight excluding hydrogens is 114 g/mol. The zero-order chi connectivity index (χ0) is 6.74. The molecule has 1 aliphatic rings. The minimum atomic E-state index is 0.0920. The van der Waals surface area contributed by atoms with Crippen molar-refractivity contribution in [3.63, 3.8) is 0 Å². The first-order valence-electron chi connectivity index (χ1n) is 3.09. The van der Waals surface area contributed by atoms with Gasteiger partial charge in [0.2, 0.25) is 0 Å². The molecular formula is C6H11N3. The van der Waals surface area contributed by atoms with E-state index in [1.165, 1.54) is 0 Å². The van der Waals surface area contributed by atoms with Crippen LogP contribution in [0.15, 0.2) is 0 Å². The quantitative estimate of drug-likeness (QED) is 0.521. The van der Waals surface area contributed by atoms with Crippen LogP contribution in [0.5, 0.6) is 0 Å². The maximum absolute atomic E-state index is 8.38. The van der Waals surface area contributed by atoms with Crippen LogP contribution in [-0.2, 0) is 0 Å². The average molecular weight is 125 g/mol. The van der Waals surface area contributed by atoms with Crippen molar-refractivity contribution in [1.29, 1.82) is 5.26 Å². The Hall–Kier alpha value is -0.590. The molecule has 0 saturated carbocycles. The summed E-state index contributed by atoms with van der Waals surface area (Å²) >= 11 is 0. The lowest BCUT2D eigenvalue weighted by molar-refractivity contribution is 0.235. The minimum absolute atomic E-state index is 0.0920. The molecule has 0 amide bonds. The van der Waals surface area contributed by atoms with Crippen LogP contribution in [0.25, 0.3) is 0 Å². The van der Waals surface area contributed by atoms with Crippen molar-refractivity contribution in [2.45, 2.75) is 12.0 Å². The fourth-order valence-corrected chi connectivity index (χ4v) is 0.968. The van der Waals surface area contributed by atoms with Gasteiger partial charge in [0.05, 0.1) is 18.0 Å². The average Bonchev–Trinajstić information content (AvgIpc) is 1.79. The second-order valence-electron chi connectivity index (χ2n) is 2.47. The summed E-state index contributed by atoms with van der Waals surface area (Å²) in [6.07, 6.45) is 0.608. The zero-order valence-electron chi connectivity index (χ0n) is 5.57. The number of hydrogen-bond donors (Lipinski definition) is 2. The van der Waals surface area contributed by atoms with E-state index in [1.54, 1.807) is 0 Å². The molecule has 3 nitrogen and oxygen atoms in total. The first-order chi connectivity index (χ1) is 4.33. The summed E-state index contributed by atoms with van der Waals surface area (Å²) in [7, 11) is 1.90. The third kappa shape index (κ3) is 1.04. The first-order valence-corrected chi connectivity index (χ1v) is 3.09. The maximum Gasteiger partial charge on any atom is 0.0642 e. The number of nitrogens with zero attached hydrogens (tertiary/aromatic N) is 1. The van der Waals surface area contributed by atoms with Gasteiger partial charge in [0.25, 0.3) is 0 Å². The van der Waals surface area contributed by atoms with Crippen molar-refractivity contribution in [3.8, 4) is 6.07 Å². The monoisotopic (exact) mass is 125 g/mol. The summed E-state index contributed by atoms with van der Waals surface area (Å²) in [6.45, 7) is 1.86. The van der Waals surface area contributed by atoms with Gasteiger partial charge in [0.1, 0.15) is 0 Å². The molecule has 1 aliphatic heterocycles. The Balaban J connectivity index is 2.39. The van der Waals surface area contributed by atoms with Gasteiger partial charge in [0, 0.05) is 13.1 Å². The van der Waals surface area contributed by atoms with Gasteiger partial charge in [-0.25, -0.2) is 0 Å². The maximum atomic E-state index is 8.38. The lowest BCUT2D eigenvalue weighted by Crippen LogP contribution is -2.66. The van der Waals surface area contributed by atoms with Gasteiger partial charge in [-0.3, -0.25) is 0 Å². The fourth-order valence-electron chi connectivity index (χ4n) is 0.968. The lowest BCUT2D eigenvalue weighted by atomic mass is 9.90. The lowest BCUT2D eigenvalue weighted by Gasteiger charge is -2.40. The van der Waals surface area contributed by atoms with Crippen LogP contribution >= 0.6 is 0 Å². The molecule has 1 heterocycles. The van der Waals surface area contributed by atoms with Crippen molar-refractivity contribution < 1.29 is 0 Å². The van der Waals surface area contributed by atoms with E-state index in [9.17, 15) is 0 Å². The Labute approximate surface area is 55.1 Å². The number of hydrogen-bond acceptors (Lipinski definition) is 3. The molecule has 2 N–H and O–H groups in total. The third-order valence-corrected chi connectivity index (χ3v) is 1.87. The SMILES string of the molecule is CNC1(CC#N)CNC1. The summed E-state index contributed by atoms with van der Waals surface area (Å²) in [6, 6.07) is 2.16. The van der Waals surface area contributed by atoms with Crippen LogP contribution in [-0.4, -0.2) is 25.7 Å². The Morgan fingerprint density at radius 1 is 1.78 bits per heavy atom. The van der Waals surface area contributed by atoms with Gasteiger partial charge in [-0.2, -0.15) is 5.26 Å². The smallest absolute Gasteiger partial charge is 0.0642 e. The second kappa shape index (κ2) is 2.34. The molecule has 1 fully saturated rings. The molecule has 0 atom stereocenters. The molecule has 0 aromatic rings. The molecule has 0 aromatic carbocycles. The van der Waals surface area contributed by atoms with Crippen LogP contribution in [0.1, 0.15) is 6.42 Å². The normalized spacial score (nSPS) is 22.2. The number of rotatable bonds is 2. The van der Waals surface area contributed by atoms with Crippen molar-refractivity contribution in [2.24, 2.45) is 0 Å². The molecule has 50 valence electrons. The Morgan fingerprint density at radius 3 is 2.56 bits per heavy atom. The highest BCUT2D eigenvalue weighted by Gasteiger charge is 2.34. The molecule has 3 heteroatoms. The number of likely N-dealkylation sites (N-methyl/N-ethyl adjacent to an activating group) is 1. The zero-order valence-corrected chi connectivity index (χ0v) is 5.57. The fraction of sp³-hybridized carbons (Fsp3) is 0.833. The molecule has 9 heavy (non-hydrogen) atoms. The van der Waals surface area contributed by atoms with Gasteiger partial charge >= 0.3 is 0 Å². The third-order valence-electron chi connectivity index (χ3n) is 1.87. The molecule has 0 aromatic heterocycles. The summed E-state index contributed by atoms with van der Waals surface area (Å²) in [5.41, 5.74) is 0.0920. The topological polar surface area (TPSA) is 47.9 Å². The molecule has 1 saturated heterocycles.